The van der Waals surface area contributed by atoms with Gasteiger partial charge in [-0.25, -0.2) is 13.1 Å². The monoisotopic (exact) mass is 450 g/mol. The van der Waals surface area contributed by atoms with E-state index in [0.717, 1.165) is 0 Å². The Kier molecular flexibility index (Phi) is 6.99. The second-order valence-electron chi connectivity index (χ2n) is 5.84. The fourth-order valence-corrected chi connectivity index (χ4v) is 4.25. The molecule has 0 aliphatic carbocycles. The molecule has 2 rings (SSSR count). The summed E-state index contributed by atoms with van der Waals surface area (Å²) in [6.07, 6.45) is 0. The maximum absolute atomic E-state index is 12.6. The van der Waals surface area contributed by atoms with Crippen molar-refractivity contribution in [3.8, 4) is 5.75 Å². The van der Waals surface area contributed by atoms with Crippen molar-refractivity contribution in [1.29, 1.82) is 0 Å². The SMILES string of the molecule is COc1ccc(C(=O)Nc2cc(Cl)c(Cl)cc2Cl)cc1S(=O)(=O)NC(C)C. The molecule has 27 heavy (non-hydrogen) atoms. The zero-order valence-electron chi connectivity index (χ0n) is 14.6. The van der Waals surface area contributed by atoms with Gasteiger partial charge in [-0.15, -0.1) is 0 Å². The molecule has 0 aromatic heterocycles. The Hall–Kier alpha value is -1.51. The highest BCUT2D eigenvalue weighted by Crippen LogP contribution is 2.33. The average molecular weight is 452 g/mol. The van der Waals surface area contributed by atoms with Crippen LogP contribution in [0.4, 0.5) is 5.69 Å². The number of amides is 1. The maximum Gasteiger partial charge on any atom is 0.255 e. The lowest BCUT2D eigenvalue weighted by Gasteiger charge is -2.14. The number of rotatable bonds is 6. The standard InChI is InChI=1S/C17H17Cl3N2O4S/c1-9(2)22-27(24,25)16-6-10(4-5-15(16)26-3)17(23)21-14-8-12(19)11(18)7-13(14)20/h4-9,22H,1-3H3,(H,21,23). The molecule has 0 unspecified atom stereocenters. The molecule has 0 aliphatic rings. The second-order valence-corrected chi connectivity index (χ2v) is 8.75. The van der Waals surface area contributed by atoms with E-state index in [9.17, 15) is 13.2 Å². The maximum atomic E-state index is 12.6. The predicted octanol–water partition coefficient (Wildman–Crippen LogP) is 4.59. The van der Waals surface area contributed by atoms with Gasteiger partial charge in [-0.1, -0.05) is 34.8 Å². The molecule has 0 radical (unpaired) electrons. The van der Waals surface area contributed by atoms with Crippen LogP contribution in [0.2, 0.25) is 15.1 Å². The summed E-state index contributed by atoms with van der Waals surface area (Å²) >= 11 is 17.9. The van der Waals surface area contributed by atoms with Crippen molar-refractivity contribution in [3.63, 3.8) is 0 Å². The molecule has 0 heterocycles. The van der Waals surface area contributed by atoms with Gasteiger partial charge in [-0.2, -0.15) is 0 Å². The molecule has 2 aromatic rings. The summed E-state index contributed by atoms with van der Waals surface area (Å²) in [4.78, 5) is 12.4. The molecule has 0 fully saturated rings. The molecule has 0 atom stereocenters. The van der Waals surface area contributed by atoms with Crippen molar-refractivity contribution >= 4 is 56.4 Å². The molecule has 2 N–H and O–H groups in total. The van der Waals surface area contributed by atoms with Gasteiger partial charge in [-0.3, -0.25) is 4.79 Å². The number of hydrogen-bond acceptors (Lipinski definition) is 4. The Bertz CT molecular complexity index is 978. The van der Waals surface area contributed by atoms with Gasteiger partial charge in [0.2, 0.25) is 10.0 Å². The minimum Gasteiger partial charge on any atom is -0.495 e. The second kappa shape index (κ2) is 8.67. The Morgan fingerprint density at radius 2 is 1.67 bits per heavy atom. The molecule has 0 spiro atoms. The van der Waals surface area contributed by atoms with Crippen LogP contribution in [0.3, 0.4) is 0 Å². The van der Waals surface area contributed by atoms with Crippen molar-refractivity contribution in [1.82, 2.24) is 4.72 Å². The van der Waals surface area contributed by atoms with Crippen molar-refractivity contribution in [2.75, 3.05) is 12.4 Å². The van der Waals surface area contributed by atoms with Gasteiger partial charge < -0.3 is 10.1 Å². The van der Waals surface area contributed by atoms with Gasteiger partial charge in [0, 0.05) is 11.6 Å². The molecule has 1 amide bonds. The first-order valence-corrected chi connectivity index (χ1v) is 10.3. The van der Waals surface area contributed by atoms with Gasteiger partial charge in [0.25, 0.3) is 5.91 Å². The van der Waals surface area contributed by atoms with E-state index in [2.05, 4.69) is 10.0 Å². The third-order valence-corrected chi connectivity index (χ3v) is 6.08. The number of carbonyl (C=O) groups is 1. The summed E-state index contributed by atoms with van der Waals surface area (Å²) < 4.78 is 32.6. The van der Waals surface area contributed by atoms with Crippen LogP contribution in [0.15, 0.2) is 35.2 Å². The quantitative estimate of drug-likeness (QED) is 0.629. The summed E-state index contributed by atoms with van der Waals surface area (Å²) in [5.74, 6) is -0.453. The summed E-state index contributed by atoms with van der Waals surface area (Å²) in [6.45, 7) is 3.37. The first-order chi connectivity index (χ1) is 12.5. The van der Waals surface area contributed by atoms with Crippen molar-refractivity contribution in [3.05, 3.63) is 51.0 Å². The summed E-state index contributed by atoms with van der Waals surface area (Å²) in [6, 6.07) is 6.55. The van der Waals surface area contributed by atoms with Crippen LogP contribution in [0.1, 0.15) is 24.2 Å². The molecule has 0 saturated heterocycles. The third kappa shape index (κ3) is 5.27. The van der Waals surface area contributed by atoms with Gasteiger partial charge >= 0.3 is 0 Å². The fraction of sp³-hybridized carbons (Fsp3) is 0.235. The lowest BCUT2D eigenvalue weighted by molar-refractivity contribution is 0.102. The molecule has 6 nitrogen and oxygen atoms in total. The summed E-state index contributed by atoms with van der Waals surface area (Å²) in [7, 11) is -2.53. The molecule has 0 bridgehead atoms. The summed E-state index contributed by atoms with van der Waals surface area (Å²) in [5, 5.41) is 3.24. The molecule has 0 saturated carbocycles. The van der Waals surface area contributed by atoms with Gasteiger partial charge in [0.05, 0.1) is 27.9 Å². The highest BCUT2D eigenvalue weighted by atomic mass is 35.5. The van der Waals surface area contributed by atoms with E-state index >= 15 is 0 Å². The van der Waals surface area contributed by atoms with Gasteiger partial charge in [0.15, 0.2) is 0 Å². The zero-order chi connectivity index (χ0) is 20.4. The van der Waals surface area contributed by atoms with Crippen LogP contribution in [0, 0.1) is 0 Å². The number of benzene rings is 2. The number of methoxy groups -OCH3 is 1. The Morgan fingerprint density at radius 3 is 2.26 bits per heavy atom. The zero-order valence-corrected chi connectivity index (χ0v) is 17.7. The van der Waals surface area contributed by atoms with E-state index in [0.29, 0.717) is 0 Å². The van der Waals surface area contributed by atoms with Gasteiger partial charge in [-0.05, 0) is 44.2 Å². The first kappa shape index (κ1) is 21.8. The van der Waals surface area contributed by atoms with Gasteiger partial charge in [0.1, 0.15) is 10.6 Å². The van der Waals surface area contributed by atoms with Crippen LogP contribution < -0.4 is 14.8 Å². The van der Waals surface area contributed by atoms with Crippen molar-refractivity contribution in [2.45, 2.75) is 24.8 Å². The molecule has 0 aliphatic heterocycles. The van der Waals surface area contributed by atoms with Crippen LogP contribution >= 0.6 is 34.8 Å². The minimum atomic E-state index is -3.87. The Labute approximate surface area is 172 Å². The molecule has 2 aromatic carbocycles. The normalized spacial score (nSPS) is 11.5. The Morgan fingerprint density at radius 1 is 1.04 bits per heavy atom. The number of sulfonamides is 1. The third-order valence-electron chi connectivity index (χ3n) is 3.36. The van der Waals surface area contributed by atoms with Crippen LogP contribution in [0.5, 0.6) is 5.75 Å². The molecular formula is C17H17Cl3N2O4S. The number of anilines is 1. The fourth-order valence-electron chi connectivity index (χ4n) is 2.21. The lowest BCUT2D eigenvalue weighted by Crippen LogP contribution is -2.30. The van der Waals surface area contributed by atoms with E-state index in [1.165, 1.54) is 37.4 Å². The van der Waals surface area contributed by atoms with Crippen LogP contribution in [-0.4, -0.2) is 27.5 Å². The van der Waals surface area contributed by atoms with E-state index in [4.69, 9.17) is 39.5 Å². The highest BCUT2D eigenvalue weighted by Gasteiger charge is 2.23. The van der Waals surface area contributed by atoms with Crippen molar-refractivity contribution in [2.24, 2.45) is 0 Å². The Balaban J connectivity index is 2.40. The molecular weight excluding hydrogens is 435 g/mol. The first-order valence-electron chi connectivity index (χ1n) is 7.71. The number of nitrogens with one attached hydrogen (secondary N) is 2. The number of hydrogen-bond donors (Lipinski definition) is 2. The number of halogens is 3. The average Bonchev–Trinajstić information content (AvgIpc) is 2.57. The smallest absolute Gasteiger partial charge is 0.255 e. The summed E-state index contributed by atoms with van der Waals surface area (Å²) in [5.41, 5.74) is 0.346. The highest BCUT2D eigenvalue weighted by molar-refractivity contribution is 7.89. The number of carbonyl (C=O) groups excluding carboxylic acids is 1. The largest absolute Gasteiger partial charge is 0.495 e. The topological polar surface area (TPSA) is 84.5 Å². The van der Waals surface area contributed by atoms with E-state index in [-0.39, 0.29) is 43.0 Å². The molecule has 146 valence electrons. The number of ether oxygens (including phenoxy) is 1. The van der Waals surface area contributed by atoms with E-state index < -0.39 is 15.9 Å². The molecule has 10 heteroatoms. The predicted molar refractivity (Wildman–Crippen MR) is 108 cm³/mol. The minimum absolute atomic E-state index is 0.0991. The van der Waals surface area contributed by atoms with E-state index in [1.807, 2.05) is 0 Å². The lowest BCUT2D eigenvalue weighted by atomic mass is 10.2. The van der Waals surface area contributed by atoms with E-state index in [1.54, 1.807) is 13.8 Å². The van der Waals surface area contributed by atoms with Crippen LogP contribution in [0.25, 0.3) is 0 Å². The van der Waals surface area contributed by atoms with Crippen LogP contribution in [-0.2, 0) is 10.0 Å². The van der Waals surface area contributed by atoms with Crippen molar-refractivity contribution < 1.29 is 17.9 Å².